The first-order chi connectivity index (χ1) is 10.5. The highest BCUT2D eigenvalue weighted by Gasteiger charge is 2.11. The molecule has 3 heteroatoms. The molecule has 0 spiro atoms. The summed E-state index contributed by atoms with van der Waals surface area (Å²) in [5.41, 5.74) is 4.09. The zero-order valence-corrected chi connectivity index (χ0v) is 13.6. The van der Waals surface area contributed by atoms with Crippen LogP contribution in [0.25, 0.3) is 0 Å². The van der Waals surface area contributed by atoms with Gasteiger partial charge in [0, 0.05) is 5.56 Å². The first kappa shape index (κ1) is 16.1. The second kappa shape index (κ2) is 7.12. The predicted molar refractivity (Wildman–Crippen MR) is 89.5 cm³/mol. The molecule has 1 amide bonds. The molecule has 0 heterocycles. The number of rotatable bonds is 5. The highest BCUT2D eigenvalue weighted by Crippen LogP contribution is 2.16. The van der Waals surface area contributed by atoms with E-state index < -0.39 is 0 Å². The molecule has 0 bridgehead atoms. The summed E-state index contributed by atoms with van der Waals surface area (Å²) in [6, 6.07) is 13.5. The van der Waals surface area contributed by atoms with Crippen molar-refractivity contribution in [1.29, 1.82) is 0 Å². The molecule has 2 rings (SSSR count). The van der Waals surface area contributed by atoms with Crippen LogP contribution in [0.4, 0.5) is 0 Å². The van der Waals surface area contributed by atoms with E-state index in [1.54, 1.807) is 0 Å². The molecule has 0 aliphatic carbocycles. The van der Waals surface area contributed by atoms with Gasteiger partial charge >= 0.3 is 0 Å². The van der Waals surface area contributed by atoms with Crippen molar-refractivity contribution in [2.45, 2.75) is 33.7 Å². The van der Waals surface area contributed by atoms with Gasteiger partial charge in [-0.3, -0.25) is 4.79 Å². The first-order valence-electron chi connectivity index (χ1n) is 7.54. The van der Waals surface area contributed by atoms with Crippen molar-refractivity contribution in [2.24, 2.45) is 0 Å². The maximum absolute atomic E-state index is 12.2. The quantitative estimate of drug-likeness (QED) is 0.911. The fourth-order valence-corrected chi connectivity index (χ4v) is 2.16. The minimum absolute atomic E-state index is 0.0614. The van der Waals surface area contributed by atoms with Crippen LogP contribution in [0.2, 0.25) is 0 Å². The van der Waals surface area contributed by atoms with Gasteiger partial charge < -0.3 is 10.1 Å². The number of hydrogen-bond donors (Lipinski definition) is 1. The van der Waals surface area contributed by atoms with Crippen molar-refractivity contribution in [3.8, 4) is 5.75 Å². The van der Waals surface area contributed by atoms with Gasteiger partial charge in [-0.1, -0.05) is 24.3 Å². The van der Waals surface area contributed by atoms with Gasteiger partial charge in [-0.2, -0.15) is 0 Å². The zero-order chi connectivity index (χ0) is 16.1. The van der Waals surface area contributed by atoms with E-state index in [0.29, 0.717) is 12.2 Å². The average Bonchev–Trinajstić information content (AvgIpc) is 2.49. The van der Waals surface area contributed by atoms with Gasteiger partial charge in [0.05, 0.1) is 6.04 Å². The van der Waals surface area contributed by atoms with E-state index in [9.17, 15) is 4.79 Å². The van der Waals surface area contributed by atoms with Crippen LogP contribution in [0, 0.1) is 20.8 Å². The molecule has 1 N–H and O–H groups in total. The molecule has 2 aromatic carbocycles. The standard InChI is InChI=1S/C19H23NO2/c1-13-9-10-17(11-15(13)3)19(21)20-16(4)12-22-18-8-6-5-7-14(18)2/h5-11,16H,12H2,1-4H3,(H,20,21)/t16-/m1/s1. The molecule has 116 valence electrons. The highest BCUT2D eigenvalue weighted by molar-refractivity contribution is 5.94. The molecule has 0 aliphatic heterocycles. The van der Waals surface area contributed by atoms with Gasteiger partial charge in [-0.15, -0.1) is 0 Å². The predicted octanol–water partition coefficient (Wildman–Crippen LogP) is 3.81. The normalized spacial score (nSPS) is 11.8. The van der Waals surface area contributed by atoms with Gasteiger partial charge in [0.25, 0.3) is 5.91 Å². The molecular weight excluding hydrogens is 274 g/mol. The number of carbonyl (C=O) groups is 1. The second-order valence-electron chi connectivity index (χ2n) is 5.75. The third kappa shape index (κ3) is 4.10. The van der Waals surface area contributed by atoms with Crippen molar-refractivity contribution in [2.75, 3.05) is 6.61 Å². The SMILES string of the molecule is Cc1ccc(C(=O)N[C@H](C)COc2ccccc2C)cc1C. The third-order valence-corrected chi connectivity index (χ3v) is 3.73. The fourth-order valence-electron chi connectivity index (χ4n) is 2.16. The third-order valence-electron chi connectivity index (χ3n) is 3.73. The Morgan fingerprint density at radius 1 is 1.05 bits per heavy atom. The van der Waals surface area contributed by atoms with Crippen LogP contribution in [-0.2, 0) is 0 Å². The van der Waals surface area contributed by atoms with Crippen molar-refractivity contribution in [3.05, 3.63) is 64.7 Å². The molecule has 22 heavy (non-hydrogen) atoms. The van der Waals surface area contributed by atoms with Crippen molar-refractivity contribution >= 4 is 5.91 Å². The Morgan fingerprint density at radius 3 is 2.45 bits per heavy atom. The maximum Gasteiger partial charge on any atom is 0.251 e. The average molecular weight is 297 g/mol. The summed E-state index contributed by atoms with van der Waals surface area (Å²) in [5, 5.41) is 2.97. The Balaban J connectivity index is 1.91. The summed E-state index contributed by atoms with van der Waals surface area (Å²) in [7, 11) is 0. The number of aryl methyl sites for hydroxylation is 3. The lowest BCUT2D eigenvalue weighted by atomic mass is 10.1. The lowest BCUT2D eigenvalue weighted by Crippen LogP contribution is -2.36. The van der Waals surface area contributed by atoms with Crippen LogP contribution >= 0.6 is 0 Å². The van der Waals surface area contributed by atoms with Gasteiger partial charge in [-0.25, -0.2) is 0 Å². The molecular formula is C19H23NO2. The lowest BCUT2D eigenvalue weighted by Gasteiger charge is -2.16. The minimum atomic E-state index is -0.0658. The Bertz CT molecular complexity index is 664. The van der Waals surface area contributed by atoms with Crippen LogP contribution in [0.3, 0.4) is 0 Å². The molecule has 0 unspecified atom stereocenters. The minimum Gasteiger partial charge on any atom is -0.491 e. The molecule has 0 aliphatic rings. The Labute approximate surface area is 132 Å². The molecule has 0 saturated carbocycles. The number of benzene rings is 2. The summed E-state index contributed by atoms with van der Waals surface area (Å²) in [6.45, 7) is 8.44. The number of carbonyl (C=O) groups excluding carboxylic acids is 1. The Kier molecular flexibility index (Phi) is 5.21. The van der Waals surface area contributed by atoms with Gasteiger partial charge in [0.2, 0.25) is 0 Å². The van der Waals surface area contributed by atoms with Crippen LogP contribution < -0.4 is 10.1 Å². The summed E-state index contributed by atoms with van der Waals surface area (Å²) < 4.78 is 5.76. The van der Waals surface area contributed by atoms with E-state index in [4.69, 9.17) is 4.74 Å². The monoisotopic (exact) mass is 297 g/mol. The fraction of sp³-hybridized carbons (Fsp3) is 0.316. The van der Waals surface area contributed by atoms with Gasteiger partial charge in [0.15, 0.2) is 0 Å². The van der Waals surface area contributed by atoms with E-state index in [1.165, 1.54) is 5.56 Å². The van der Waals surface area contributed by atoms with E-state index in [1.807, 2.05) is 70.2 Å². The molecule has 0 radical (unpaired) electrons. The number of amides is 1. The number of nitrogens with one attached hydrogen (secondary N) is 1. The number of ether oxygens (including phenoxy) is 1. The Morgan fingerprint density at radius 2 is 1.77 bits per heavy atom. The smallest absolute Gasteiger partial charge is 0.251 e. The molecule has 2 aromatic rings. The van der Waals surface area contributed by atoms with Gasteiger partial charge in [-0.05, 0) is 62.6 Å². The van der Waals surface area contributed by atoms with E-state index >= 15 is 0 Å². The molecule has 3 nitrogen and oxygen atoms in total. The number of hydrogen-bond acceptors (Lipinski definition) is 2. The summed E-state index contributed by atoms with van der Waals surface area (Å²) in [4.78, 5) is 12.2. The molecule has 0 saturated heterocycles. The number of para-hydroxylation sites is 1. The molecule has 0 fully saturated rings. The molecule has 0 aromatic heterocycles. The van der Waals surface area contributed by atoms with Gasteiger partial charge in [0.1, 0.15) is 12.4 Å². The van der Waals surface area contributed by atoms with Crippen LogP contribution in [-0.4, -0.2) is 18.6 Å². The topological polar surface area (TPSA) is 38.3 Å². The van der Waals surface area contributed by atoms with E-state index in [0.717, 1.165) is 16.9 Å². The summed E-state index contributed by atoms with van der Waals surface area (Å²) in [5.74, 6) is 0.791. The second-order valence-corrected chi connectivity index (χ2v) is 5.75. The van der Waals surface area contributed by atoms with Crippen molar-refractivity contribution < 1.29 is 9.53 Å². The van der Waals surface area contributed by atoms with E-state index in [-0.39, 0.29) is 11.9 Å². The van der Waals surface area contributed by atoms with Crippen LogP contribution in [0.5, 0.6) is 5.75 Å². The molecule has 1 atom stereocenters. The lowest BCUT2D eigenvalue weighted by molar-refractivity contribution is 0.0926. The maximum atomic E-state index is 12.2. The van der Waals surface area contributed by atoms with Crippen LogP contribution in [0.1, 0.15) is 34.0 Å². The van der Waals surface area contributed by atoms with Crippen molar-refractivity contribution in [3.63, 3.8) is 0 Å². The van der Waals surface area contributed by atoms with Crippen molar-refractivity contribution in [1.82, 2.24) is 5.32 Å². The largest absolute Gasteiger partial charge is 0.491 e. The summed E-state index contributed by atoms with van der Waals surface area (Å²) >= 11 is 0. The highest BCUT2D eigenvalue weighted by atomic mass is 16.5. The zero-order valence-electron chi connectivity index (χ0n) is 13.6. The Hall–Kier alpha value is -2.29. The first-order valence-corrected chi connectivity index (χ1v) is 7.54. The van der Waals surface area contributed by atoms with E-state index in [2.05, 4.69) is 5.32 Å². The van der Waals surface area contributed by atoms with Crippen LogP contribution in [0.15, 0.2) is 42.5 Å². The summed E-state index contributed by atoms with van der Waals surface area (Å²) in [6.07, 6.45) is 0.